The van der Waals surface area contributed by atoms with E-state index in [2.05, 4.69) is 43.2 Å². The topological polar surface area (TPSA) is 55.1 Å². The average Bonchev–Trinajstić information content (AvgIpc) is 3.08. The summed E-state index contributed by atoms with van der Waals surface area (Å²) < 4.78 is 5.41. The molecule has 3 aromatic rings. The highest BCUT2D eigenvalue weighted by atomic mass is 35.5. The second-order valence-electron chi connectivity index (χ2n) is 6.15. The van der Waals surface area contributed by atoms with E-state index in [1.807, 2.05) is 5.38 Å². The summed E-state index contributed by atoms with van der Waals surface area (Å²) in [7, 11) is 0. The molecule has 0 aliphatic rings. The Kier molecular flexibility index (Phi) is 4.71. The number of carbonyl (C=O) groups excluding carboxylic acids is 1. The zero-order chi connectivity index (χ0) is 18.3. The van der Waals surface area contributed by atoms with E-state index in [4.69, 9.17) is 16.0 Å². The van der Waals surface area contributed by atoms with E-state index >= 15 is 0 Å². The van der Waals surface area contributed by atoms with Crippen molar-refractivity contribution >= 4 is 34.0 Å². The first-order valence-corrected chi connectivity index (χ1v) is 9.14. The minimum absolute atomic E-state index is 0.308. The van der Waals surface area contributed by atoms with Crippen molar-refractivity contribution in [1.82, 2.24) is 4.98 Å². The lowest BCUT2D eigenvalue weighted by molar-refractivity contribution is 0.102. The summed E-state index contributed by atoms with van der Waals surface area (Å²) in [5.41, 5.74) is 5.93. The summed E-state index contributed by atoms with van der Waals surface area (Å²) in [6.45, 7) is 9.70. The monoisotopic (exact) mass is 374 g/mol. The van der Waals surface area contributed by atoms with Crippen LogP contribution in [-0.2, 0) is 0 Å². The van der Waals surface area contributed by atoms with Gasteiger partial charge in [0.15, 0.2) is 5.13 Å². The van der Waals surface area contributed by atoms with Gasteiger partial charge in [-0.05, 0) is 57.4 Å². The Morgan fingerprint density at radius 3 is 2.40 bits per heavy atom. The first kappa shape index (κ1) is 17.7. The number of anilines is 1. The third kappa shape index (κ3) is 3.34. The predicted molar refractivity (Wildman–Crippen MR) is 103 cm³/mol. The molecule has 1 amide bonds. The largest absolute Gasteiger partial charge is 0.464 e. The highest BCUT2D eigenvalue weighted by Gasteiger charge is 2.21. The van der Waals surface area contributed by atoms with E-state index in [-0.39, 0.29) is 5.91 Å². The number of furan rings is 1. The van der Waals surface area contributed by atoms with Gasteiger partial charge in [-0.2, -0.15) is 0 Å². The molecule has 25 heavy (non-hydrogen) atoms. The zero-order valence-corrected chi connectivity index (χ0v) is 16.4. The fraction of sp³-hybridized carbons (Fsp3) is 0.263. The molecule has 0 radical (unpaired) electrons. The summed E-state index contributed by atoms with van der Waals surface area (Å²) in [6, 6.07) is 4.28. The Hall–Kier alpha value is -2.11. The van der Waals surface area contributed by atoms with Gasteiger partial charge in [0, 0.05) is 10.9 Å². The van der Waals surface area contributed by atoms with Gasteiger partial charge in [-0.25, -0.2) is 4.98 Å². The number of aryl methyl sites for hydroxylation is 5. The Morgan fingerprint density at radius 1 is 1.08 bits per heavy atom. The van der Waals surface area contributed by atoms with Crippen molar-refractivity contribution < 1.29 is 9.21 Å². The van der Waals surface area contributed by atoms with Gasteiger partial charge in [0.2, 0.25) is 0 Å². The van der Waals surface area contributed by atoms with E-state index in [1.54, 1.807) is 13.8 Å². The Bertz CT molecular complexity index is 972. The molecular weight excluding hydrogens is 356 g/mol. The standard InChI is InChI=1S/C19H19ClN2O2S/c1-9-6-11(3)14(7-10(9)2)15-8-25-19(21-15)22-18(23)16-12(4)24-13(5)17(16)20/h6-8H,1-5H3,(H,21,22,23). The van der Waals surface area contributed by atoms with E-state index in [9.17, 15) is 4.79 Å². The highest BCUT2D eigenvalue weighted by Crippen LogP contribution is 2.31. The number of carbonyl (C=O) groups is 1. The Labute approximate surface area is 155 Å². The maximum atomic E-state index is 12.5. The smallest absolute Gasteiger partial charge is 0.262 e. The van der Waals surface area contributed by atoms with Gasteiger partial charge in [-0.3, -0.25) is 10.1 Å². The lowest BCUT2D eigenvalue weighted by atomic mass is 9.99. The molecule has 0 fully saturated rings. The molecule has 4 nitrogen and oxygen atoms in total. The van der Waals surface area contributed by atoms with E-state index in [1.165, 1.54) is 22.5 Å². The highest BCUT2D eigenvalue weighted by molar-refractivity contribution is 7.14. The molecule has 2 heterocycles. The van der Waals surface area contributed by atoms with Gasteiger partial charge in [0.1, 0.15) is 11.5 Å². The number of rotatable bonds is 3. The quantitative estimate of drug-likeness (QED) is 0.625. The first-order chi connectivity index (χ1) is 11.8. The van der Waals surface area contributed by atoms with Gasteiger partial charge < -0.3 is 4.42 Å². The number of hydrogen-bond donors (Lipinski definition) is 1. The van der Waals surface area contributed by atoms with Crippen LogP contribution in [0.1, 0.15) is 38.6 Å². The van der Waals surface area contributed by atoms with Crippen LogP contribution in [0.25, 0.3) is 11.3 Å². The van der Waals surface area contributed by atoms with Gasteiger partial charge in [-0.1, -0.05) is 17.7 Å². The van der Waals surface area contributed by atoms with Crippen molar-refractivity contribution in [3.05, 3.63) is 56.3 Å². The summed E-state index contributed by atoms with van der Waals surface area (Å²) in [4.78, 5) is 17.0. The van der Waals surface area contributed by atoms with E-state index < -0.39 is 0 Å². The van der Waals surface area contributed by atoms with Gasteiger partial charge in [0.05, 0.1) is 16.3 Å². The molecule has 0 saturated heterocycles. The molecule has 130 valence electrons. The van der Waals surface area contributed by atoms with Crippen LogP contribution in [0.15, 0.2) is 21.9 Å². The SMILES string of the molecule is Cc1cc(C)c(-c2csc(NC(=O)c3c(C)oc(C)c3Cl)n2)cc1C. The Balaban J connectivity index is 1.87. The number of hydrogen-bond acceptors (Lipinski definition) is 4. The van der Waals surface area contributed by atoms with Crippen LogP contribution in [0.3, 0.4) is 0 Å². The van der Waals surface area contributed by atoms with Gasteiger partial charge >= 0.3 is 0 Å². The molecule has 0 bridgehead atoms. The molecule has 0 atom stereocenters. The van der Waals surface area contributed by atoms with Crippen molar-refractivity contribution in [3.63, 3.8) is 0 Å². The average molecular weight is 375 g/mol. The van der Waals surface area contributed by atoms with Crippen molar-refractivity contribution in [2.45, 2.75) is 34.6 Å². The van der Waals surface area contributed by atoms with Crippen LogP contribution in [0.5, 0.6) is 0 Å². The summed E-state index contributed by atoms with van der Waals surface area (Å²) in [5, 5.41) is 5.64. The number of nitrogens with one attached hydrogen (secondary N) is 1. The molecule has 0 saturated carbocycles. The van der Waals surface area contributed by atoms with Crippen LogP contribution in [0.4, 0.5) is 5.13 Å². The second kappa shape index (κ2) is 6.65. The van der Waals surface area contributed by atoms with Crippen LogP contribution in [-0.4, -0.2) is 10.9 Å². The predicted octanol–water partition coefficient (Wildman–Crippen LogP) is 5.85. The van der Waals surface area contributed by atoms with Crippen LogP contribution in [0, 0.1) is 34.6 Å². The number of amides is 1. The van der Waals surface area contributed by atoms with Gasteiger partial charge in [0.25, 0.3) is 5.91 Å². The van der Waals surface area contributed by atoms with E-state index in [0.717, 1.165) is 16.8 Å². The molecule has 2 aromatic heterocycles. The van der Waals surface area contributed by atoms with Crippen molar-refractivity contribution in [3.8, 4) is 11.3 Å². The molecule has 0 spiro atoms. The third-order valence-corrected chi connectivity index (χ3v) is 5.47. The molecule has 1 aromatic carbocycles. The normalized spacial score (nSPS) is 11.0. The molecule has 6 heteroatoms. The second-order valence-corrected chi connectivity index (χ2v) is 7.38. The minimum atomic E-state index is -0.308. The molecule has 0 aliphatic carbocycles. The summed E-state index contributed by atoms with van der Waals surface area (Å²) >= 11 is 7.55. The van der Waals surface area contributed by atoms with Crippen molar-refractivity contribution in [2.75, 3.05) is 5.32 Å². The number of benzene rings is 1. The minimum Gasteiger partial charge on any atom is -0.464 e. The lowest BCUT2D eigenvalue weighted by Crippen LogP contribution is -2.12. The number of aromatic nitrogens is 1. The fourth-order valence-corrected chi connectivity index (χ4v) is 3.73. The molecule has 3 rings (SSSR count). The van der Waals surface area contributed by atoms with Crippen molar-refractivity contribution in [1.29, 1.82) is 0 Å². The van der Waals surface area contributed by atoms with Crippen molar-refractivity contribution in [2.24, 2.45) is 0 Å². The molecule has 0 aliphatic heterocycles. The van der Waals surface area contributed by atoms with Crippen LogP contribution in [0.2, 0.25) is 5.02 Å². The summed E-state index contributed by atoms with van der Waals surface area (Å²) in [5.74, 6) is 0.730. The van der Waals surface area contributed by atoms with Gasteiger partial charge in [-0.15, -0.1) is 11.3 Å². The fourth-order valence-electron chi connectivity index (χ4n) is 2.77. The van der Waals surface area contributed by atoms with E-state index in [0.29, 0.717) is 27.2 Å². The Morgan fingerprint density at radius 2 is 1.76 bits per heavy atom. The maximum absolute atomic E-state index is 12.5. The third-order valence-electron chi connectivity index (χ3n) is 4.26. The zero-order valence-electron chi connectivity index (χ0n) is 14.8. The molecule has 1 N–H and O–H groups in total. The lowest BCUT2D eigenvalue weighted by Gasteiger charge is -2.07. The number of thiazole rings is 1. The molecule has 0 unspecified atom stereocenters. The molecular formula is C19H19ClN2O2S. The first-order valence-electron chi connectivity index (χ1n) is 7.88. The van der Waals surface area contributed by atoms with Crippen LogP contribution >= 0.6 is 22.9 Å². The maximum Gasteiger partial charge on any atom is 0.262 e. The number of halogens is 1. The number of nitrogens with zero attached hydrogens (tertiary/aromatic N) is 1. The summed E-state index contributed by atoms with van der Waals surface area (Å²) in [6.07, 6.45) is 0. The van der Waals surface area contributed by atoms with Crippen LogP contribution < -0.4 is 5.32 Å².